The number of nitrogens with one attached hydrogen (secondary N) is 2. The third-order valence-corrected chi connectivity index (χ3v) is 3.74. The molecular weight excluding hydrogens is 294 g/mol. The second-order valence-corrected chi connectivity index (χ2v) is 5.17. The van der Waals surface area contributed by atoms with Crippen molar-refractivity contribution in [3.8, 4) is 0 Å². The van der Waals surface area contributed by atoms with Crippen LogP contribution in [0.3, 0.4) is 0 Å². The number of nitrogens with zero attached hydrogens (tertiary/aromatic N) is 1. The van der Waals surface area contributed by atoms with Crippen molar-refractivity contribution < 1.29 is 14.7 Å². The molecule has 1 aromatic heterocycles. The molecule has 0 fully saturated rings. The molecule has 23 heavy (non-hydrogen) atoms. The molecule has 0 aliphatic carbocycles. The Morgan fingerprint density at radius 2 is 1.70 bits per heavy atom. The second kappa shape index (κ2) is 5.57. The first-order valence-corrected chi connectivity index (χ1v) is 7.07. The Balaban J connectivity index is 2.49. The monoisotopic (exact) mass is 309 g/mol. The largest absolute Gasteiger partial charge is 0.465 e. The molecular formula is C17H15N3O3. The summed E-state index contributed by atoms with van der Waals surface area (Å²) < 4.78 is 0. The van der Waals surface area contributed by atoms with Crippen LogP contribution in [0.25, 0.3) is 21.8 Å². The molecule has 3 N–H and O–H groups in total. The van der Waals surface area contributed by atoms with Gasteiger partial charge < -0.3 is 10.4 Å². The number of carboxylic acid groups (broad SMARTS) is 1. The Labute approximate surface area is 132 Å². The van der Waals surface area contributed by atoms with Gasteiger partial charge in [-0.2, -0.15) is 0 Å². The van der Waals surface area contributed by atoms with Crippen LogP contribution < -0.4 is 10.6 Å². The smallest absolute Gasteiger partial charge is 0.409 e. The molecule has 0 bridgehead atoms. The minimum Gasteiger partial charge on any atom is -0.465 e. The van der Waals surface area contributed by atoms with Crippen molar-refractivity contribution in [1.82, 2.24) is 10.3 Å². The lowest BCUT2D eigenvalue weighted by atomic mass is 10.0. The number of fused-ring (bicyclic) bond motifs is 2. The van der Waals surface area contributed by atoms with Crippen LogP contribution in [0, 0.1) is 6.92 Å². The number of hydrogen-bond acceptors (Lipinski definition) is 3. The van der Waals surface area contributed by atoms with E-state index in [9.17, 15) is 9.59 Å². The summed E-state index contributed by atoms with van der Waals surface area (Å²) in [6.07, 6.45) is -1.16. The molecule has 1 heterocycles. The van der Waals surface area contributed by atoms with Crippen molar-refractivity contribution in [3.05, 3.63) is 47.5 Å². The third-order valence-electron chi connectivity index (χ3n) is 3.74. The lowest BCUT2D eigenvalue weighted by Crippen LogP contribution is -2.18. The van der Waals surface area contributed by atoms with E-state index in [1.165, 1.54) is 0 Å². The van der Waals surface area contributed by atoms with Gasteiger partial charge in [-0.05, 0) is 18.6 Å². The van der Waals surface area contributed by atoms with Crippen LogP contribution in [-0.2, 0) is 0 Å². The predicted molar refractivity (Wildman–Crippen MR) is 89.0 cm³/mol. The molecule has 0 saturated carbocycles. The summed E-state index contributed by atoms with van der Waals surface area (Å²) in [5.41, 5.74) is 2.89. The highest BCUT2D eigenvalue weighted by Crippen LogP contribution is 2.33. The summed E-state index contributed by atoms with van der Waals surface area (Å²) in [5, 5.41) is 15.5. The number of aryl methyl sites for hydroxylation is 1. The van der Waals surface area contributed by atoms with Gasteiger partial charge in [-0.15, -0.1) is 0 Å². The van der Waals surface area contributed by atoms with Crippen LogP contribution in [-0.4, -0.2) is 29.1 Å². The summed E-state index contributed by atoms with van der Waals surface area (Å²) in [4.78, 5) is 27.9. The van der Waals surface area contributed by atoms with E-state index in [4.69, 9.17) is 5.11 Å². The highest BCUT2D eigenvalue weighted by Gasteiger charge is 2.17. The van der Waals surface area contributed by atoms with Crippen LogP contribution in [0.15, 0.2) is 36.4 Å². The number of anilines is 1. The third kappa shape index (κ3) is 2.44. The number of para-hydroxylation sites is 2. The van der Waals surface area contributed by atoms with E-state index < -0.39 is 6.09 Å². The number of pyridine rings is 1. The fraction of sp³-hybridized carbons (Fsp3) is 0.118. The van der Waals surface area contributed by atoms with Gasteiger partial charge in [-0.25, -0.2) is 9.78 Å². The zero-order valence-corrected chi connectivity index (χ0v) is 12.7. The minimum absolute atomic E-state index is 0.266. The fourth-order valence-corrected chi connectivity index (χ4v) is 2.69. The molecule has 2 aromatic carbocycles. The van der Waals surface area contributed by atoms with Gasteiger partial charge in [0.25, 0.3) is 5.91 Å². The number of carbonyl (C=O) groups is 2. The van der Waals surface area contributed by atoms with Gasteiger partial charge >= 0.3 is 6.09 Å². The maximum atomic E-state index is 12.1. The van der Waals surface area contributed by atoms with Gasteiger partial charge in [0.15, 0.2) is 0 Å². The first kappa shape index (κ1) is 14.8. The fourth-order valence-electron chi connectivity index (χ4n) is 2.69. The predicted octanol–water partition coefficient (Wildman–Crippen LogP) is 3.15. The summed E-state index contributed by atoms with van der Waals surface area (Å²) in [7, 11) is 1.55. The van der Waals surface area contributed by atoms with Gasteiger partial charge in [-0.3, -0.25) is 10.1 Å². The van der Waals surface area contributed by atoms with Crippen LogP contribution in [0.5, 0.6) is 0 Å². The van der Waals surface area contributed by atoms with Gasteiger partial charge in [0.05, 0.1) is 22.3 Å². The maximum Gasteiger partial charge on any atom is 0.409 e. The minimum atomic E-state index is -1.16. The van der Waals surface area contributed by atoms with E-state index in [2.05, 4.69) is 15.6 Å². The van der Waals surface area contributed by atoms with E-state index in [1.54, 1.807) is 25.2 Å². The number of carbonyl (C=O) groups excluding carboxylic acids is 1. The average molecular weight is 309 g/mol. The Bertz CT molecular complexity index is 951. The number of hydrogen-bond donors (Lipinski definition) is 3. The van der Waals surface area contributed by atoms with Crippen molar-refractivity contribution in [2.75, 3.05) is 12.4 Å². The molecule has 0 aliphatic rings. The molecule has 6 nitrogen and oxygen atoms in total. The van der Waals surface area contributed by atoms with Crippen molar-refractivity contribution in [2.24, 2.45) is 0 Å². The van der Waals surface area contributed by atoms with Gasteiger partial charge in [-0.1, -0.05) is 30.3 Å². The van der Waals surface area contributed by atoms with Crippen LogP contribution >= 0.6 is 0 Å². The van der Waals surface area contributed by atoms with E-state index >= 15 is 0 Å². The first-order valence-electron chi connectivity index (χ1n) is 7.07. The highest BCUT2D eigenvalue weighted by atomic mass is 16.4. The van der Waals surface area contributed by atoms with Gasteiger partial charge in [0.2, 0.25) is 0 Å². The molecule has 0 unspecified atom stereocenters. The molecule has 3 aromatic rings. The normalized spacial score (nSPS) is 10.7. The number of aromatic nitrogens is 1. The number of benzene rings is 2. The highest BCUT2D eigenvalue weighted by molar-refractivity contribution is 6.16. The lowest BCUT2D eigenvalue weighted by Gasteiger charge is -2.13. The molecule has 6 heteroatoms. The van der Waals surface area contributed by atoms with Crippen molar-refractivity contribution in [1.29, 1.82) is 0 Å². The van der Waals surface area contributed by atoms with E-state index in [-0.39, 0.29) is 5.91 Å². The SMILES string of the molecule is CNC(=O)c1cccc2c(NC(=O)O)c3cccc(C)c3nc12. The van der Waals surface area contributed by atoms with Crippen molar-refractivity contribution in [2.45, 2.75) is 6.92 Å². The van der Waals surface area contributed by atoms with E-state index in [0.29, 0.717) is 33.1 Å². The molecule has 0 saturated heterocycles. The molecule has 0 atom stereocenters. The molecule has 116 valence electrons. The molecule has 0 radical (unpaired) electrons. The molecule has 3 rings (SSSR count). The summed E-state index contributed by atoms with van der Waals surface area (Å²) in [6, 6.07) is 10.7. The number of rotatable bonds is 2. The van der Waals surface area contributed by atoms with Crippen molar-refractivity contribution >= 4 is 39.5 Å². The zero-order chi connectivity index (χ0) is 16.6. The van der Waals surface area contributed by atoms with Crippen LogP contribution in [0.2, 0.25) is 0 Å². The topological polar surface area (TPSA) is 91.3 Å². The zero-order valence-electron chi connectivity index (χ0n) is 12.7. The number of amides is 2. The Morgan fingerprint density at radius 1 is 1.04 bits per heavy atom. The molecule has 0 spiro atoms. The Morgan fingerprint density at radius 3 is 2.35 bits per heavy atom. The van der Waals surface area contributed by atoms with Crippen molar-refractivity contribution in [3.63, 3.8) is 0 Å². The summed E-state index contributed by atoms with van der Waals surface area (Å²) in [5.74, 6) is -0.266. The van der Waals surface area contributed by atoms with Gasteiger partial charge in [0.1, 0.15) is 0 Å². The summed E-state index contributed by atoms with van der Waals surface area (Å²) in [6.45, 7) is 1.90. The Hall–Kier alpha value is -3.15. The standard InChI is InChI=1S/C17H15N3O3/c1-9-5-3-6-10-13(9)19-15-11(14(10)20-17(22)23)7-4-8-12(15)16(21)18-2/h3-8H,1-2H3,(H,18,21)(H,19,20)(H,22,23). The molecule has 0 aliphatic heterocycles. The second-order valence-electron chi connectivity index (χ2n) is 5.17. The first-order chi connectivity index (χ1) is 11.0. The van der Waals surface area contributed by atoms with Crippen LogP contribution in [0.1, 0.15) is 15.9 Å². The Kier molecular flexibility index (Phi) is 3.57. The summed E-state index contributed by atoms with van der Waals surface area (Å²) >= 11 is 0. The maximum absolute atomic E-state index is 12.1. The lowest BCUT2D eigenvalue weighted by molar-refractivity contribution is 0.0964. The van der Waals surface area contributed by atoms with E-state index in [0.717, 1.165) is 5.56 Å². The van der Waals surface area contributed by atoms with Crippen LogP contribution in [0.4, 0.5) is 10.5 Å². The van der Waals surface area contributed by atoms with E-state index in [1.807, 2.05) is 25.1 Å². The molecule has 2 amide bonds. The quantitative estimate of drug-likeness (QED) is 0.634. The van der Waals surface area contributed by atoms with Gasteiger partial charge in [0, 0.05) is 17.8 Å². The average Bonchev–Trinajstić information content (AvgIpc) is 2.54.